The first-order valence-electron chi connectivity index (χ1n) is 8.60. The topological polar surface area (TPSA) is 89.6 Å². The molecule has 8 heteroatoms. The van der Waals surface area contributed by atoms with E-state index >= 15 is 0 Å². The highest BCUT2D eigenvalue weighted by molar-refractivity contribution is 6.06. The highest BCUT2D eigenvalue weighted by Gasteiger charge is 2.23. The molecule has 3 heterocycles. The molecule has 3 rings (SSSR count). The molecule has 0 spiro atoms. The molecule has 1 saturated heterocycles. The molecule has 1 fully saturated rings. The number of nitrogens with zero attached hydrogens (tertiary/aromatic N) is 3. The number of aryl methyl sites for hydroxylation is 1. The van der Waals surface area contributed by atoms with Gasteiger partial charge < -0.3 is 19.4 Å². The van der Waals surface area contributed by atoms with Crippen molar-refractivity contribution in [1.82, 2.24) is 19.8 Å². The van der Waals surface area contributed by atoms with Gasteiger partial charge in [0.05, 0.1) is 18.7 Å². The summed E-state index contributed by atoms with van der Waals surface area (Å²) in [4.78, 5) is 31.8. The van der Waals surface area contributed by atoms with Gasteiger partial charge in [-0.05, 0) is 32.9 Å². The highest BCUT2D eigenvalue weighted by Crippen LogP contribution is 2.20. The minimum atomic E-state index is -0.293. The quantitative estimate of drug-likeness (QED) is 0.795. The Labute approximate surface area is 145 Å². The normalized spacial score (nSPS) is 15.1. The molecule has 0 radical (unpaired) electrons. The minimum Gasteiger partial charge on any atom is -0.442 e. The molecule has 25 heavy (non-hydrogen) atoms. The van der Waals surface area contributed by atoms with E-state index in [0.717, 1.165) is 19.6 Å². The third kappa shape index (κ3) is 3.74. The van der Waals surface area contributed by atoms with Crippen LogP contribution >= 0.6 is 0 Å². The SMILES string of the molecule is COCCn1cnc2oc(C)c(C(=O)NCCN3CCCC3)c2c1=O. The number of amides is 1. The Hall–Kier alpha value is -2.19. The number of carbonyl (C=O) groups is 1. The maximum Gasteiger partial charge on any atom is 0.265 e. The lowest BCUT2D eigenvalue weighted by molar-refractivity contribution is 0.0949. The molecule has 0 saturated carbocycles. The zero-order chi connectivity index (χ0) is 17.8. The van der Waals surface area contributed by atoms with Crippen LogP contribution in [0.3, 0.4) is 0 Å². The highest BCUT2D eigenvalue weighted by atomic mass is 16.5. The molecule has 8 nitrogen and oxygen atoms in total. The van der Waals surface area contributed by atoms with Crippen molar-refractivity contribution in [3.05, 3.63) is 28.0 Å². The van der Waals surface area contributed by atoms with Gasteiger partial charge in [0.2, 0.25) is 5.71 Å². The summed E-state index contributed by atoms with van der Waals surface area (Å²) in [6.07, 6.45) is 3.85. The molecular weight excluding hydrogens is 324 g/mol. The van der Waals surface area contributed by atoms with Crippen LogP contribution in [0.1, 0.15) is 29.0 Å². The lowest BCUT2D eigenvalue weighted by atomic mass is 10.2. The molecule has 0 bridgehead atoms. The van der Waals surface area contributed by atoms with Gasteiger partial charge in [-0.3, -0.25) is 14.2 Å². The predicted octanol–water partition coefficient (Wildman–Crippen LogP) is 0.770. The second-order valence-corrected chi connectivity index (χ2v) is 6.25. The minimum absolute atomic E-state index is 0.195. The van der Waals surface area contributed by atoms with E-state index in [2.05, 4.69) is 15.2 Å². The zero-order valence-corrected chi connectivity index (χ0v) is 14.7. The summed E-state index contributed by atoms with van der Waals surface area (Å²) in [5.74, 6) is 0.113. The standard InChI is InChI=1S/C17H24N4O4/c1-12-13(15(22)18-5-8-20-6-3-4-7-20)14-16(25-12)19-11-21(17(14)23)9-10-24-2/h11H,3-10H2,1-2H3,(H,18,22). The zero-order valence-electron chi connectivity index (χ0n) is 14.7. The Morgan fingerprint density at radius 2 is 2.12 bits per heavy atom. The molecule has 1 aliphatic heterocycles. The van der Waals surface area contributed by atoms with Crippen molar-refractivity contribution >= 4 is 17.0 Å². The van der Waals surface area contributed by atoms with Crippen LogP contribution in [0.4, 0.5) is 0 Å². The fraction of sp³-hybridized carbons (Fsp3) is 0.588. The molecular formula is C17H24N4O4. The van der Waals surface area contributed by atoms with Crippen molar-refractivity contribution in [2.24, 2.45) is 0 Å². The summed E-state index contributed by atoms with van der Waals surface area (Å²) < 4.78 is 11.9. The average molecular weight is 348 g/mol. The van der Waals surface area contributed by atoms with Crippen molar-refractivity contribution < 1.29 is 13.9 Å². The van der Waals surface area contributed by atoms with Gasteiger partial charge in [0, 0.05) is 20.2 Å². The molecule has 136 valence electrons. The van der Waals surface area contributed by atoms with E-state index in [0.29, 0.717) is 25.5 Å². The van der Waals surface area contributed by atoms with E-state index in [1.807, 2.05) is 0 Å². The number of aromatic nitrogens is 2. The van der Waals surface area contributed by atoms with Crippen LogP contribution in [-0.4, -0.2) is 60.3 Å². The fourth-order valence-electron chi connectivity index (χ4n) is 3.18. The van der Waals surface area contributed by atoms with E-state index < -0.39 is 0 Å². The van der Waals surface area contributed by atoms with E-state index in [1.54, 1.807) is 14.0 Å². The summed E-state index contributed by atoms with van der Waals surface area (Å²) in [6, 6.07) is 0. The van der Waals surface area contributed by atoms with Crippen LogP contribution in [0, 0.1) is 6.92 Å². The molecule has 1 aliphatic rings. The van der Waals surface area contributed by atoms with Crippen molar-refractivity contribution in [3.8, 4) is 0 Å². The van der Waals surface area contributed by atoms with E-state index in [-0.39, 0.29) is 28.1 Å². The van der Waals surface area contributed by atoms with Gasteiger partial charge in [0.1, 0.15) is 17.5 Å². The van der Waals surface area contributed by atoms with E-state index in [4.69, 9.17) is 9.15 Å². The summed E-state index contributed by atoms with van der Waals surface area (Å²) in [7, 11) is 1.57. The largest absolute Gasteiger partial charge is 0.442 e. The maximum absolute atomic E-state index is 12.7. The number of furan rings is 1. The maximum atomic E-state index is 12.7. The Balaban J connectivity index is 1.80. The smallest absolute Gasteiger partial charge is 0.265 e. The van der Waals surface area contributed by atoms with Crippen LogP contribution in [0.25, 0.3) is 11.1 Å². The van der Waals surface area contributed by atoms with E-state index in [9.17, 15) is 9.59 Å². The van der Waals surface area contributed by atoms with Gasteiger partial charge in [0.15, 0.2) is 0 Å². The lowest BCUT2D eigenvalue weighted by Crippen LogP contribution is -2.34. The Bertz CT molecular complexity index is 805. The third-order valence-electron chi connectivity index (χ3n) is 4.53. The fourth-order valence-corrected chi connectivity index (χ4v) is 3.18. The first-order valence-corrected chi connectivity index (χ1v) is 8.60. The molecule has 2 aromatic heterocycles. The second kappa shape index (κ2) is 7.79. The Morgan fingerprint density at radius 1 is 1.36 bits per heavy atom. The number of carbonyl (C=O) groups excluding carboxylic acids is 1. The van der Waals surface area contributed by atoms with Gasteiger partial charge in [-0.2, -0.15) is 0 Å². The molecule has 1 amide bonds. The average Bonchev–Trinajstić information content (AvgIpc) is 3.21. The number of hydrogen-bond acceptors (Lipinski definition) is 6. The van der Waals surface area contributed by atoms with Gasteiger partial charge in [-0.1, -0.05) is 0 Å². The van der Waals surface area contributed by atoms with E-state index in [1.165, 1.54) is 23.7 Å². The van der Waals surface area contributed by atoms with Crippen LogP contribution in [0.5, 0.6) is 0 Å². The summed E-state index contributed by atoms with van der Waals surface area (Å²) in [5.41, 5.74) is 0.185. The second-order valence-electron chi connectivity index (χ2n) is 6.25. The molecule has 2 aromatic rings. The lowest BCUT2D eigenvalue weighted by Gasteiger charge is -2.14. The number of ether oxygens (including phenoxy) is 1. The number of likely N-dealkylation sites (tertiary alicyclic amines) is 1. The molecule has 0 atom stereocenters. The predicted molar refractivity (Wildman–Crippen MR) is 92.9 cm³/mol. The van der Waals surface area contributed by atoms with Crippen molar-refractivity contribution in [1.29, 1.82) is 0 Å². The van der Waals surface area contributed by atoms with Gasteiger partial charge >= 0.3 is 0 Å². The third-order valence-corrected chi connectivity index (χ3v) is 4.53. The number of nitrogens with one attached hydrogen (secondary N) is 1. The Morgan fingerprint density at radius 3 is 2.84 bits per heavy atom. The number of hydrogen-bond donors (Lipinski definition) is 1. The van der Waals surface area contributed by atoms with Crippen LogP contribution in [0.2, 0.25) is 0 Å². The molecule has 0 aliphatic carbocycles. The van der Waals surface area contributed by atoms with Crippen molar-refractivity contribution in [2.75, 3.05) is 39.9 Å². The number of rotatable bonds is 7. The van der Waals surface area contributed by atoms with Crippen LogP contribution in [-0.2, 0) is 11.3 Å². The number of methoxy groups -OCH3 is 1. The summed E-state index contributed by atoms with van der Waals surface area (Å²) >= 11 is 0. The first kappa shape index (κ1) is 17.6. The van der Waals surface area contributed by atoms with Crippen molar-refractivity contribution in [2.45, 2.75) is 26.3 Å². The number of fused-ring (bicyclic) bond motifs is 1. The monoisotopic (exact) mass is 348 g/mol. The molecule has 1 N–H and O–H groups in total. The van der Waals surface area contributed by atoms with Gasteiger partial charge in [-0.15, -0.1) is 0 Å². The molecule has 0 unspecified atom stereocenters. The van der Waals surface area contributed by atoms with Crippen LogP contribution < -0.4 is 10.9 Å². The van der Waals surface area contributed by atoms with Gasteiger partial charge in [0.25, 0.3) is 11.5 Å². The molecule has 0 aromatic carbocycles. The summed E-state index contributed by atoms with van der Waals surface area (Å²) in [5, 5.41) is 3.12. The first-order chi connectivity index (χ1) is 12.1. The van der Waals surface area contributed by atoms with Crippen molar-refractivity contribution in [3.63, 3.8) is 0 Å². The summed E-state index contributed by atoms with van der Waals surface area (Å²) in [6.45, 7) is 5.96. The van der Waals surface area contributed by atoms with Gasteiger partial charge in [-0.25, -0.2) is 4.98 Å². The Kier molecular flexibility index (Phi) is 5.50. The van der Waals surface area contributed by atoms with Crippen LogP contribution in [0.15, 0.2) is 15.5 Å².